The van der Waals surface area contributed by atoms with Crippen LogP contribution in [0.1, 0.15) is 50.5 Å². The molecule has 1 saturated heterocycles. The number of benzene rings is 1. The number of likely N-dealkylation sites (tertiary alicyclic amines) is 1. The van der Waals surface area contributed by atoms with Gasteiger partial charge in [0, 0.05) is 18.5 Å². The molecule has 3 rings (SSSR count). The van der Waals surface area contributed by atoms with Gasteiger partial charge in [-0.15, -0.1) is 0 Å². The van der Waals surface area contributed by atoms with Crippen LogP contribution < -0.4 is 0 Å². The first-order valence-corrected chi connectivity index (χ1v) is 7.80. The van der Waals surface area contributed by atoms with E-state index in [2.05, 4.69) is 11.8 Å². The number of amides is 1. The lowest BCUT2D eigenvalue weighted by Gasteiger charge is -2.35. The monoisotopic (exact) mass is 273 g/mol. The van der Waals surface area contributed by atoms with Gasteiger partial charge in [-0.2, -0.15) is 0 Å². The van der Waals surface area contributed by atoms with Crippen molar-refractivity contribution in [3.8, 4) is 5.75 Å². The first kappa shape index (κ1) is 13.5. The highest BCUT2D eigenvalue weighted by molar-refractivity contribution is 5.83. The molecule has 3 nitrogen and oxygen atoms in total. The van der Waals surface area contributed by atoms with Crippen LogP contribution >= 0.6 is 0 Å². The quantitative estimate of drug-likeness (QED) is 0.918. The predicted molar refractivity (Wildman–Crippen MR) is 78.6 cm³/mol. The van der Waals surface area contributed by atoms with Crippen molar-refractivity contribution in [3.63, 3.8) is 0 Å². The predicted octanol–water partition coefficient (Wildman–Crippen LogP) is 3.29. The van der Waals surface area contributed by atoms with Crippen molar-refractivity contribution in [1.29, 1.82) is 0 Å². The Labute approximate surface area is 120 Å². The van der Waals surface area contributed by atoms with Crippen molar-refractivity contribution in [3.05, 3.63) is 29.8 Å². The average Bonchev–Trinajstić information content (AvgIpc) is 3.27. The van der Waals surface area contributed by atoms with Crippen LogP contribution in [0.15, 0.2) is 24.3 Å². The van der Waals surface area contributed by atoms with Gasteiger partial charge < -0.3 is 10.0 Å². The number of rotatable bonds is 3. The molecule has 1 saturated carbocycles. The zero-order valence-corrected chi connectivity index (χ0v) is 12.1. The molecule has 3 heteroatoms. The molecule has 2 aliphatic rings. The zero-order valence-electron chi connectivity index (χ0n) is 12.1. The topological polar surface area (TPSA) is 40.5 Å². The SMILES string of the molecule is CCC1CCCCN1C(=O)C1CC1c1ccc(O)cc1. The summed E-state index contributed by atoms with van der Waals surface area (Å²) in [5, 5.41) is 9.33. The normalized spacial score (nSPS) is 29.2. The molecule has 1 amide bonds. The molecule has 3 unspecified atom stereocenters. The minimum absolute atomic E-state index is 0.173. The fourth-order valence-corrected chi connectivity index (χ4v) is 3.49. The minimum Gasteiger partial charge on any atom is -0.508 e. The minimum atomic E-state index is 0.173. The number of carbonyl (C=O) groups excluding carboxylic acids is 1. The van der Waals surface area contributed by atoms with E-state index in [1.807, 2.05) is 12.1 Å². The Morgan fingerprint density at radius 1 is 1.30 bits per heavy atom. The molecule has 1 aliphatic carbocycles. The van der Waals surface area contributed by atoms with E-state index in [0.717, 1.165) is 25.8 Å². The van der Waals surface area contributed by atoms with Gasteiger partial charge >= 0.3 is 0 Å². The summed E-state index contributed by atoms with van der Waals surface area (Å²) in [7, 11) is 0. The summed E-state index contributed by atoms with van der Waals surface area (Å²) in [5.74, 6) is 1.18. The maximum Gasteiger partial charge on any atom is 0.226 e. The highest BCUT2D eigenvalue weighted by Gasteiger charge is 2.46. The van der Waals surface area contributed by atoms with Crippen molar-refractivity contribution >= 4 is 5.91 Å². The molecule has 1 aromatic rings. The molecule has 2 fully saturated rings. The Bertz CT molecular complexity index is 482. The van der Waals surface area contributed by atoms with Crippen LogP contribution in [-0.2, 0) is 4.79 Å². The fourth-order valence-electron chi connectivity index (χ4n) is 3.49. The Hall–Kier alpha value is -1.51. The molecule has 1 heterocycles. The van der Waals surface area contributed by atoms with Gasteiger partial charge in [0.1, 0.15) is 5.75 Å². The lowest BCUT2D eigenvalue weighted by Crippen LogP contribution is -2.44. The first-order valence-electron chi connectivity index (χ1n) is 7.80. The fraction of sp³-hybridized carbons (Fsp3) is 0.588. The van der Waals surface area contributed by atoms with E-state index in [4.69, 9.17) is 0 Å². The van der Waals surface area contributed by atoms with Gasteiger partial charge in [-0.25, -0.2) is 0 Å². The van der Waals surface area contributed by atoms with Crippen LogP contribution in [0.5, 0.6) is 5.75 Å². The van der Waals surface area contributed by atoms with E-state index in [1.54, 1.807) is 12.1 Å². The summed E-state index contributed by atoms with van der Waals surface area (Å²) in [5.41, 5.74) is 1.19. The van der Waals surface area contributed by atoms with Crippen LogP contribution in [0, 0.1) is 5.92 Å². The highest BCUT2D eigenvalue weighted by Crippen LogP contribution is 2.49. The number of carbonyl (C=O) groups is 1. The number of nitrogens with zero attached hydrogens (tertiary/aromatic N) is 1. The van der Waals surface area contributed by atoms with Gasteiger partial charge in [0.15, 0.2) is 0 Å². The Morgan fingerprint density at radius 3 is 2.75 bits per heavy atom. The molecular weight excluding hydrogens is 250 g/mol. The van der Waals surface area contributed by atoms with Gasteiger partial charge in [-0.05, 0) is 55.7 Å². The molecule has 1 aliphatic heterocycles. The molecule has 108 valence electrons. The Balaban J connectivity index is 1.66. The summed E-state index contributed by atoms with van der Waals surface area (Å²) in [6.07, 6.45) is 5.62. The molecular formula is C17H23NO2. The van der Waals surface area contributed by atoms with E-state index in [9.17, 15) is 9.90 Å². The average molecular weight is 273 g/mol. The maximum absolute atomic E-state index is 12.7. The standard InChI is InChI=1S/C17H23NO2/c1-2-13-5-3-4-10-18(13)17(20)16-11-15(16)12-6-8-14(19)9-7-12/h6-9,13,15-16,19H,2-5,10-11H2,1H3. The van der Waals surface area contributed by atoms with Crippen LogP contribution in [0.3, 0.4) is 0 Å². The van der Waals surface area contributed by atoms with E-state index < -0.39 is 0 Å². The maximum atomic E-state index is 12.7. The van der Waals surface area contributed by atoms with Gasteiger partial charge in [-0.1, -0.05) is 19.1 Å². The van der Waals surface area contributed by atoms with Crippen LogP contribution in [0.25, 0.3) is 0 Å². The van der Waals surface area contributed by atoms with Crippen molar-refractivity contribution in [2.75, 3.05) is 6.54 Å². The van der Waals surface area contributed by atoms with Gasteiger partial charge in [0.05, 0.1) is 0 Å². The number of phenolic OH excluding ortho intramolecular Hbond substituents is 1. The number of hydrogen-bond donors (Lipinski definition) is 1. The molecule has 0 spiro atoms. The molecule has 1 aromatic carbocycles. The van der Waals surface area contributed by atoms with Crippen molar-refractivity contribution in [2.45, 2.75) is 51.0 Å². The molecule has 0 aromatic heterocycles. The van der Waals surface area contributed by atoms with E-state index >= 15 is 0 Å². The third-order valence-electron chi connectivity index (χ3n) is 4.81. The van der Waals surface area contributed by atoms with E-state index in [-0.39, 0.29) is 5.92 Å². The summed E-state index contributed by atoms with van der Waals surface area (Å²) in [4.78, 5) is 14.8. The lowest BCUT2D eigenvalue weighted by atomic mass is 9.99. The molecule has 20 heavy (non-hydrogen) atoms. The van der Waals surface area contributed by atoms with Crippen LogP contribution in [0.4, 0.5) is 0 Å². The summed E-state index contributed by atoms with van der Waals surface area (Å²) in [6.45, 7) is 3.12. The molecule has 3 atom stereocenters. The largest absolute Gasteiger partial charge is 0.508 e. The highest BCUT2D eigenvalue weighted by atomic mass is 16.3. The summed E-state index contributed by atoms with van der Waals surface area (Å²) < 4.78 is 0. The number of hydrogen-bond acceptors (Lipinski definition) is 2. The number of piperidine rings is 1. The second-order valence-corrected chi connectivity index (χ2v) is 6.13. The molecule has 0 radical (unpaired) electrons. The molecule has 1 N–H and O–H groups in total. The second kappa shape index (κ2) is 5.47. The van der Waals surface area contributed by atoms with Crippen molar-refractivity contribution in [2.24, 2.45) is 5.92 Å². The number of phenols is 1. The Kier molecular flexibility index (Phi) is 3.68. The third-order valence-corrected chi connectivity index (χ3v) is 4.81. The van der Waals surface area contributed by atoms with Gasteiger partial charge in [0.2, 0.25) is 5.91 Å². The van der Waals surface area contributed by atoms with E-state index in [1.165, 1.54) is 18.4 Å². The Morgan fingerprint density at radius 2 is 2.05 bits per heavy atom. The van der Waals surface area contributed by atoms with Crippen molar-refractivity contribution in [1.82, 2.24) is 4.90 Å². The van der Waals surface area contributed by atoms with Crippen LogP contribution in [0.2, 0.25) is 0 Å². The zero-order chi connectivity index (χ0) is 14.1. The van der Waals surface area contributed by atoms with Crippen LogP contribution in [-0.4, -0.2) is 28.5 Å². The summed E-state index contributed by atoms with van der Waals surface area (Å²) in [6, 6.07) is 7.77. The van der Waals surface area contributed by atoms with Gasteiger partial charge in [0.25, 0.3) is 0 Å². The van der Waals surface area contributed by atoms with Gasteiger partial charge in [-0.3, -0.25) is 4.79 Å². The third kappa shape index (κ3) is 2.54. The molecule has 0 bridgehead atoms. The number of aromatic hydroxyl groups is 1. The smallest absolute Gasteiger partial charge is 0.226 e. The lowest BCUT2D eigenvalue weighted by molar-refractivity contribution is -0.136. The summed E-state index contributed by atoms with van der Waals surface area (Å²) >= 11 is 0. The second-order valence-electron chi connectivity index (χ2n) is 6.13. The van der Waals surface area contributed by atoms with Crippen molar-refractivity contribution < 1.29 is 9.90 Å². The van der Waals surface area contributed by atoms with E-state index in [0.29, 0.717) is 23.6 Å². The first-order chi connectivity index (χ1) is 9.70.